The molecule has 3 unspecified atom stereocenters. The molecule has 3 atom stereocenters. The Morgan fingerprint density at radius 2 is 2.17 bits per heavy atom. The van der Waals surface area contributed by atoms with Crippen molar-refractivity contribution in [1.82, 2.24) is 20.7 Å². The summed E-state index contributed by atoms with van der Waals surface area (Å²) >= 11 is 7.71. The molecule has 0 radical (unpaired) electrons. The number of nitrogens with one attached hydrogen (secondary N) is 2. The molecule has 1 saturated heterocycles. The third kappa shape index (κ3) is 5.15. The summed E-state index contributed by atoms with van der Waals surface area (Å²) in [5, 5.41) is 7.60. The van der Waals surface area contributed by atoms with Gasteiger partial charge in [-0.25, -0.2) is 18.6 Å². The highest BCUT2D eigenvalue weighted by Crippen LogP contribution is 2.43. The summed E-state index contributed by atoms with van der Waals surface area (Å²) in [5.41, 5.74) is 7.13. The molecule has 4 heterocycles. The number of ether oxygens (including phenoxy) is 2. The van der Waals surface area contributed by atoms with Crippen LogP contribution in [-0.2, 0) is 14.3 Å². The van der Waals surface area contributed by atoms with Crippen LogP contribution in [0.3, 0.4) is 0 Å². The molecule has 6 rings (SSSR count). The van der Waals surface area contributed by atoms with Crippen LogP contribution in [0, 0.1) is 17.6 Å². The van der Waals surface area contributed by atoms with Gasteiger partial charge in [0.2, 0.25) is 0 Å². The van der Waals surface area contributed by atoms with Crippen molar-refractivity contribution in [2.45, 2.75) is 57.7 Å². The second-order valence-corrected chi connectivity index (χ2v) is 11.5. The number of hydrogen-bond acceptors (Lipinski definition) is 9. The van der Waals surface area contributed by atoms with Crippen molar-refractivity contribution >= 4 is 34.7 Å². The van der Waals surface area contributed by atoms with E-state index in [0.717, 1.165) is 51.3 Å². The van der Waals surface area contributed by atoms with Gasteiger partial charge >= 0.3 is 5.97 Å². The van der Waals surface area contributed by atoms with E-state index < -0.39 is 28.7 Å². The zero-order valence-corrected chi connectivity index (χ0v) is 23.6. The van der Waals surface area contributed by atoms with Crippen molar-refractivity contribution in [3.63, 3.8) is 0 Å². The van der Waals surface area contributed by atoms with Gasteiger partial charge in [0.1, 0.15) is 12.3 Å². The molecule has 12 heteroatoms. The number of rotatable bonds is 6. The van der Waals surface area contributed by atoms with Gasteiger partial charge in [0, 0.05) is 47.6 Å². The number of carbonyl (C=O) groups is 1. The number of nitrogens with zero attached hydrogens (tertiary/aromatic N) is 3. The maximum atomic E-state index is 14.6. The zero-order valence-electron chi connectivity index (χ0n) is 22.0. The first kappa shape index (κ1) is 27.3. The van der Waals surface area contributed by atoms with E-state index >= 15 is 0 Å². The predicted molar refractivity (Wildman–Crippen MR) is 147 cm³/mol. The molecule has 0 amide bonds. The minimum Gasteiger partial charge on any atom is -0.463 e. The Bertz CT molecular complexity index is 1390. The smallest absolute Gasteiger partial charge is 0.338 e. The molecule has 2 N–H and O–H groups in total. The Hall–Kier alpha value is -2.86. The van der Waals surface area contributed by atoms with Crippen molar-refractivity contribution in [1.29, 1.82) is 0 Å². The summed E-state index contributed by atoms with van der Waals surface area (Å²) in [6, 6.07) is 1.38. The third-order valence-electron chi connectivity index (χ3n) is 7.78. The fourth-order valence-electron chi connectivity index (χ4n) is 5.87. The second kappa shape index (κ2) is 11.6. The summed E-state index contributed by atoms with van der Waals surface area (Å²) in [5.74, 6) is -2.43. The number of hydrazine groups is 1. The van der Waals surface area contributed by atoms with Crippen LogP contribution in [0.15, 0.2) is 51.2 Å². The van der Waals surface area contributed by atoms with Crippen LogP contribution in [0.2, 0.25) is 5.02 Å². The number of esters is 1. The molecule has 1 aromatic carbocycles. The topological polar surface area (TPSA) is 88.1 Å². The molecule has 0 saturated carbocycles. The molecule has 40 heavy (non-hydrogen) atoms. The van der Waals surface area contributed by atoms with Crippen LogP contribution in [0.4, 0.5) is 8.78 Å². The van der Waals surface area contributed by atoms with Crippen LogP contribution in [0.1, 0.15) is 62.1 Å². The van der Waals surface area contributed by atoms with E-state index in [1.54, 1.807) is 13.1 Å². The lowest BCUT2D eigenvalue weighted by atomic mass is 9.81. The largest absolute Gasteiger partial charge is 0.463 e. The van der Waals surface area contributed by atoms with Gasteiger partial charge in [0.15, 0.2) is 22.5 Å². The average Bonchev–Trinajstić information content (AvgIpc) is 3.66. The molecule has 0 bridgehead atoms. The van der Waals surface area contributed by atoms with Gasteiger partial charge in [-0.05, 0) is 57.1 Å². The van der Waals surface area contributed by atoms with Crippen molar-refractivity contribution in [2.24, 2.45) is 10.9 Å². The number of benzene rings is 1. The number of carbonyl (C=O) groups excluding carboxylic acids is 1. The lowest BCUT2D eigenvalue weighted by molar-refractivity contribution is -0.139. The summed E-state index contributed by atoms with van der Waals surface area (Å²) < 4.78 is 40.1. The normalized spacial score (nSPS) is 25.3. The number of allylic oxidation sites excluding steroid dienone is 2. The van der Waals surface area contributed by atoms with Crippen LogP contribution < -0.4 is 10.7 Å². The van der Waals surface area contributed by atoms with Crippen molar-refractivity contribution in [3.8, 4) is 0 Å². The summed E-state index contributed by atoms with van der Waals surface area (Å²) in [4.78, 5) is 22.7. The van der Waals surface area contributed by atoms with Gasteiger partial charge in [-0.3, -0.25) is 4.99 Å². The number of aliphatic imine (C=N–C) groups is 1. The minimum atomic E-state index is -1.18. The second-order valence-electron chi connectivity index (χ2n) is 10.2. The lowest BCUT2D eigenvalue weighted by Gasteiger charge is -2.33. The van der Waals surface area contributed by atoms with Crippen LogP contribution >= 0.6 is 22.9 Å². The van der Waals surface area contributed by atoms with Crippen LogP contribution in [0.5, 0.6) is 0 Å². The van der Waals surface area contributed by atoms with E-state index in [-0.39, 0.29) is 29.9 Å². The standard InChI is InChI=1S/C28H30ClF2N5O3S/c1-2-38-28(37)21-24(15-6-9-19-16(13-15)14-36(35-19)20-5-3-4-11-39-20)33-26(27-32-10-12-40-27)34-25(21)17-7-8-18(30)23(31)22(17)29/h7-8,10,12,15,20,25,35H,2-6,9,11,13-14H2,1H3,(H,33,34). The number of hydrogen-bond donors (Lipinski definition) is 2. The molecule has 2 aromatic rings. The van der Waals surface area contributed by atoms with Gasteiger partial charge in [-0.2, -0.15) is 5.01 Å². The van der Waals surface area contributed by atoms with Crippen molar-refractivity contribution in [3.05, 3.63) is 73.5 Å². The first-order chi connectivity index (χ1) is 19.4. The monoisotopic (exact) mass is 589 g/mol. The number of aromatic nitrogens is 1. The molecule has 1 aliphatic carbocycles. The van der Waals surface area contributed by atoms with Crippen LogP contribution in [-0.4, -0.2) is 47.8 Å². The quantitative estimate of drug-likeness (QED) is 0.345. The number of halogens is 3. The van der Waals surface area contributed by atoms with Gasteiger partial charge < -0.3 is 20.2 Å². The predicted octanol–water partition coefficient (Wildman–Crippen LogP) is 5.38. The highest BCUT2D eigenvalue weighted by Gasteiger charge is 2.40. The van der Waals surface area contributed by atoms with E-state index in [1.807, 2.05) is 5.38 Å². The highest BCUT2D eigenvalue weighted by molar-refractivity contribution is 7.11. The summed E-state index contributed by atoms with van der Waals surface area (Å²) in [6.07, 6.45) is 7.19. The fraction of sp³-hybridized carbons (Fsp3) is 0.464. The Morgan fingerprint density at radius 3 is 2.92 bits per heavy atom. The Balaban J connectivity index is 1.38. The minimum absolute atomic E-state index is 0.0449. The molecule has 212 valence electrons. The molecule has 1 fully saturated rings. The maximum Gasteiger partial charge on any atom is 0.338 e. The number of amidine groups is 1. The lowest BCUT2D eigenvalue weighted by Crippen LogP contribution is -2.44. The Kier molecular flexibility index (Phi) is 7.89. The molecular weight excluding hydrogens is 560 g/mol. The van der Waals surface area contributed by atoms with E-state index in [1.165, 1.54) is 28.7 Å². The Morgan fingerprint density at radius 1 is 1.30 bits per heavy atom. The summed E-state index contributed by atoms with van der Waals surface area (Å²) in [6.45, 7) is 3.38. The maximum absolute atomic E-state index is 14.6. The first-order valence-corrected chi connectivity index (χ1v) is 14.8. The van der Waals surface area contributed by atoms with E-state index in [9.17, 15) is 13.6 Å². The first-order valence-electron chi connectivity index (χ1n) is 13.6. The molecular formula is C28H30ClF2N5O3S. The van der Waals surface area contributed by atoms with Crippen LogP contribution in [0.25, 0.3) is 0 Å². The highest BCUT2D eigenvalue weighted by atomic mass is 35.5. The van der Waals surface area contributed by atoms with Gasteiger partial charge in [-0.15, -0.1) is 11.3 Å². The molecule has 3 aliphatic heterocycles. The molecule has 1 aromatic heterocycles. The van der Waals surface area contributed by atoms with E-state index in [2.05, 4.69) is 20.7 Å². The zero-order chi connectivity index (χ0) is 27.8. The molecule has 4 aliphatic rings. The van der Waals surface area contributed by atoms with E-state index in [0.29, 0.717) is 23.0 Å². The van der Waals surface area contributed by atoms with E-state index in [4.69, 9.17) is 26.1 Å². The molecule has 8 nitrogen and oxygen atoms in total. The van der Waals surface area contributed by atoms with Crippen molar-refractivity contribution < 1.29 is 23.0 Å². The number of thiazole rings is 1. The third-order valence-corrected chi connectivity index (χ3v) is 8.94. The molecule has 0 spiro atoms. The fourth-order valence-corrected chi connectivity index (χ4v) is 6.71. The van der Waals surface area contributed by atoms with Crippen molar-refractivity contribution in [2.75, 3.05) is 19.8 Å². The summed E-state index contributed by atoms with van der Waals surface area (Å²) in [7, 11) is 0. The van der Waals surface area contributed by atoms with Gasteiger partial charge in [0.05, 0.1) is 17.2 Å². The van der Waals surface area contributed by atoms with Gasteiger partial charge in [-0.1, -0.05) is 17.7 Å². The van der Waals surface area contributed by atoms with Gasteiger partial charge in [0.25, 0.3) is 0 Å². The average molecular weight is 590 g/mol. The SMILES string of the molecule is CCOC(=O)C1=C(C2CCC3=C(C2)CN(C2CCCCO2)N3)NC(c2nccs2)=NC1c1ccc(F)c(F)c1Cl. The Labute approximate surface area is 240 Å².